The van der Waals surface area contributed by atoms with Gasteiger partial charge < -0.3 is 0 Å². The van der Waals surface area contributed by atoms with E-state index in [9.17, 15) is 27.0 Å². The van der Waals surface area contributed by atoms with Crippen molar-refractivity contribution in [3.05, 3.63) is 28.8 Å². The SMILES string of the molecule is O=C1NC(=O)c2c1ccc(CCCCF)c2S(=O)(=O)O. The summed E-state index contributed by atoms with van der Waals surface area (Å²) < 4.78 is 44.4. The third kappa shape index (κ3) is 2.56. The van der Waals surface area contributed by atoms with E-state index in [-0.39, 0.29) is 29.5 Å². The molecule has 0 saturated heterocycles. The maximum atomic E-state index is 12.1. The molecule has 1 aliphatic rings. The smallest absolute Gasteiger partial charge is 0.288 e. The lowest BCUT2D eigenvalue weighted by Gasteiger charge is -2.09. The minimum absolute atomic E-state index is 0.0862. The number of carbonyl (C=O) groups excluding carboxylic acids is 2. The van der Waals surface area contributed by atoms with Crippen molar-refractivity contribution in [1.82, 2.24) is 5.32 Å². The van der Waals surface area contributed by atoms with Crippen LogP contribution in [0, 0.1) is 0 Å². The standard InChI is InChI=1S/C12H12FNO5S/c13-6-2-1-3-7-4-5-8-9(10(7)20(17,18)19)12(16)14-11(8)15/h4-5H,1-3,6H2,(H,14,15,16)(H,17,18,19). The fourth-order valence-corrected chi connectivity index (χ4v) is 3.14. The first-order chi connectivity index (χ1) is 9.36. The number of rotatable bonds is 5. The molecule has 0 fully saturated rings. The van der Waals surface area contributed by atoms with Gasteiger partial charge in [-0.1, -0.05) is 6.07 Å². The van der Waals surface area contributed by atoms with E-state index in [1.165, 1.54) is 12.1 Å². The molecule has 0 unspecified atom stereocenters. The zero-order chi connectivity index (χ0) is 14.9. The lowest BCUT2D eigenvalue weighted by atomic mass is 10.0. The summed E-state index contributed by atoms with van der Waals surface area (Å²) in [7, 11) is -4.66. The fourth-order valence-electron chi connectivity index (χ4n) is 2.17. The van der Waals surface area contributed by atoms with Gasteiger partial charge in [0.05, 0.1) is 17.8 Å². The van der Waals surface area contributed by atoms with Crippen molar-refractivity contribution in [3.8, 4) is 0 Å². The summed E-state index contributed by atoms with van der Waals surface area (Å²) in [4.78, 5) is 22.6. The monoisotopic (exact) mass is 301 g/mol. The van der Waals surface area contributed by atoms with Crippen molar-refractivity contribution in [1.29, 1.82) is 0 Å². The van der Waals surface area contributed by atoms with Gasteiger partial charge in [0.2, 0.25) is 0 Å². The summed E-state index contributed by atoms with van der Waals surface area (Å²) in [6, 6.07) is 2.69. The summed E-state index contributed by atoms with van der Waals surface area (Å²) in [6.45, 7) is -0.537. The van der Waals surface area contributed by atoms with E-state index in [0.29, 0.717) is 6.42 Å². The van der Waals surface area contributed by atoms with E-state index in [1.807, 2.05) is 5.32 Å². The van der Waals surface area contributed by atoms with Crippen LogP contribution in [0.5, 0.6) is 0 Å². The number of nitrogens with one attached hydrogen (secondary N) is 1. The first-order valence-electron chi connectivity index (χ1n) is 5.91. The van der Waals surface area contributed by atoms with Crippen LogP contribution >= 0.6 is 0 Å². The summed E-state index contributed by atoms with van der Waals surface area (Å²) in [6.07, 6.45) is 0.800. The van der Waals surface area contributed by atoms with Crippen molar-refractivity contribution in [2.24, 2.45) is 0 Å². The number of halogens is 1. The molecule has 0 spiro atoms. The lowest BCUT2D eigenvalue weighted by molar-refractivity contribution is 0.0878. The Labute approximate surface area is 114 Å². The van der Waals surface area contributed by atoms with Crippen LogP contribution in [0.1, 0.15) is 39.1 Å². The van der Waals surface area contributed by atoms with Gasteiger partial charge in [0.25, 0.3) is 21.9 Å². The van der Waals surface area contributed by atoms with Crippen molar-refractivity contribution in [2.75, 3.05) is 6.67 Å². The summed E-state index contributed by atoms with van der Waals surface area (Å²) in [5, 5.41) is 1.98. The topological polar surface area (TPSA) is 101 Å². The lowest BCUT2D eigenvalue weighted by Crippen LogP contribution is -2.20. The minimum Gasteiger partial charge on any atom is -0.288 e. The number of fused-ring (bicyclic) bond motifs is 1. The fraction of sp³-hybridized carbons (Fsp3) is 0.333. The predicted molar refractivity (Wildman–Crippen MR) is 67.0 cm³/mol. The second kappa shape index (κ2) is 5.29. The van der Waals surface area contributed by atoms with E-state index >= 15 is 0 Å². The van der Waals surface area contributed by atoms with Gasteiger partial charge in [0, 0.05) is 0 Å². The van der Waals surface area contributed by atoms with Crippen LogP contribution in [0.4, 0.5) is 4.39 Å². The molecule has 1 aliphatic heterocycles. The molecule has 108 valence electrons. The average molecular weight is 301 g/mol. The molecule has 0 aliphatic carbocycles. The van der Waals surface area contributed by atoms with Gasteiger partial charge in [-0.2, -0.15) is 8.42 Å². The normalized spacial score (nSPS) is 14.3. The van der Waals surface area contributed by atoms with E-state index in [2.05, 4.69) is 0 Å². The highest BCUT2D eigenvalue weighted by Gasteiger charge is 2.35. The van der Waals surface area contributed by atoms with Gasteiger partial charge in [-0.3, -0.25) is 23.8 Å². The molecule has 1 heterocycles. The molecule has 0 atom stereocenters. The molecule has 1 aromatic rings. The van der Waals surface area contributed by atoms with Gasteiger partial charge in [-0.05, 0) is 30.9 Å². The van der Waals surface area contributed by atoms with Crippen LogP contribution in [0.15, 0.2) is 17.0 Å². The Hall–Kier alpha value is -1.80. The largest absolute Gasteiger partial charge is 0.295 e. The van der Waals surface area contributed by atoms with E-state index < -0.39 is 33.5 Å². The number of alkyl halides is 1. The van der Waals surface area contributed by atoms with Crippen LogP contribution in [-0.4, -0.2) is 31.5 Å². The Bertz CT molecular complexity index is 683. The number of carbonyl (C=O) groups is 2. The molecule has 2 N–H and O–H groups in total. The van der Waals surface area contributed by atoms with Crippen LogP contribution in [0.3, 0.4) is 0 Å². The zero-order valence-electron chi connectivity index (χ0n) is 10.3. The van der Waals surface area contributed by atoms with E-state index in [1.54, 1.807) is 0 Å². The van der Waals surface area contributed by atoms with Crippen LogP contribution < -0.4 is 5.32 Å². The molecule has 2 amide bonds. The molecule has 6 nitrogen and oxygen atoms in total. The summed E-state index contributed by atoms with van der Waals surface area (Å²) >= 11 is 0. The van der Waals surface area contributed by atoms with E-state index in [0.717, 1.165) is 0 Å². The van der Waals surface area contributed by atoms with Crippen molar-refractivity contribution >= 4 is 21.9 Å². The highest BCUT2D eigenvalue weighted by molar-refractivity contribution is 7.86. The molecule has 1 aromatic carbocycles. The Morgan fingerprint density at radius 3 is 2.45 bits per heavy atom. The average Bonchev–Trinajstić information content (AvgIpc) is 2.63. The van der Waals surface area contributed by atoms with Gasteiger partial charge in [-0.25, -0.2) is 0 Å². The number of benzene rings is 1. The molecule has 20 heavy (non-hydrogen) atoms. The Morgan fingerprint density at radius 1 is 1.15 bits per heavy atom. The molecule has 0 saturated carbocycles. The molecule has 2 rings (SSSR count). The number of amides is 2. The van der Waals surface area contributed by atoms with Gasteiger partial charge in [0.1, 0.15) is 4.90 Å². The molecular formula is C12H12FNO5S. The van der Waals surface area contributed by atoms with Crippen molar-refractivity contribution in [3.63, 3.8) is 0 Å². The first kappa shape index (κ1) is 14.6. The third-order valence-electron chi connectivity index (χ3n) is 3.03. The molecule has 0 radical (unpaired) electrons. The highest BCUT2D eigenvalue weighted by Crippen LogP contribution is 2.28. The van der Waals surface area contributed by atoms with Crippen molar-refractivity contribution < 1.29 is 27.0 Å². The Kier molecular flexibility index (Phi) is 3.87. The summed E-state index contributed by atoms with van der Waals surface area (Å²) in [5.41, 5.74) is -0.225. The molecular weight excluding hydrogens is 289 g/mol. The molecule has 0 bridgehead atoms. The minimum atomic E-state index is -4.66. The highest BCUT2D eigenvalue weighted by atomic mass is 32.2. The molecule has 8 heteroatoms. The summed E-state index contributed by atoms with van der Waals surface area (Å²) in [5.74, 6) is -1.56. The maximum Gasteiger partial charge on any atom is 0.295 e. The number of hydrogen-bond acceptors (Lipinski definition) is 4. The quantitative estimate of drug-likeness (QED) is 0.482. The predicted octanol–water partition coefficient (Wildman–Crippen LogP) is 1.11. The van der Waals surface area contributed by atoms with Crippen LogP contribution in [0.25, 0.3) is 0 Å². The second-order valence-electron chi connectivity index (χ2n) is 4.38. The number of aryl methyl sites for hydroxylation is 1. The second-order valence-corrected chi connectivity index (χ2v) is 5.74. The van der Waals surface area contributed by atoms with Crippen LogP contribution in [-0.2, 0) is 16.5 Å². The number of imide groups is 1. The number of hydrogen-bond donors (Lipinski definition) is 2. The zero-order valence-corrected chi connectivity index (χ0v) is 11.2. The molecule has 0 aromatic heterocycles. The number of unbranched alkanes of at least 4 members (excludes halogenated alkanes) is 1. The van der Waals surface area contributed by atoms with Gasteiger partial charge in [0.15, 0.2) is 0 Å². The maximum absolute atomic E-state index is 12.1. The first-order valence-corrected chi connectivity index (χ1v) is 7.35. The van der Waals surface area contributed by atoms with Crippen LogP contribution in [0.2, 0.25) is 0 Å². The van der Waals surface area contributed by atoms with Gasteiger partial charge in [-0.15, -0.1) is 0 Å². The Morgan fingerprint density at radius 2 is 1.85 bits per heavy atom. The Balaban J connectivity index is 2.58. The van der Waals surface area contributed by atoms with Gasteiger partial charge >= 0.3 is 0 Å². The third-order valence-corrected chi connectivity index (χ3v) is 4.01. The van der Waals surface area contributed by atoms with Crippen molar-refractivity contribution in [2.45, 2.75) is 24.2 Å². The van der Waals surface area contributed by atoms with E-state index in [4.69, 9.17) is 0 Å².